The number of anilines is 1. The molecule has 1 aromatic carbocycles. The van der Waals surface area contributed by atoms with Crippen LogP contribution >= 0.6 is 0 Å². The number of imidazole rings is 1. The molecule has 2 N–H and O–H groups in total. The van der Waals surface area contributed by atoms with Crippen LogP contribution in [0.2, 0.25) is 0 Å². The predicted molar refractivity (Wildman–Crippen MR) is 170 cm³/mol. The molecule has 1 aliphatic carbocycles. The molecule has 2 aromatic heterocycles. The third kappa shape index (κ3) is 6.69. The van der Waals surface area contributed by atoms with Gasteiger partial charge in [-0.15, -0.1) is 0 Å². The van der Waals surface area contributed by atoms with E-state index in [1.807, 2.05) is 25.3 Å². The number of carbonyl (C=O) groups excluding carboxylic acids is 2. The quantitative estimate of drug-likeness (QED) is 0.398. The molecule has 3 aliphatic heterocycles. The van der Waals surface area contributed by atoms with Gasteiger partial charge in [-0.1, -0.05) is 6.07 Å². The van der Waals surface area contributed by atoms with E-state index in [1.165, 1.54) is 31.2 Å². The number of alkyl halides is 3. The highest BCUT2D eigenvalue weighted by Crippen LogP contribution is 2.46. The van der Waals surface area contributed by atoms with Crippen molar-refractivity contribution in [2.24, 2.45) is 12.5 Å². The molecule has 1 spiro atoms. The Hall–Kier alpha value is -4.27. The fourth-order valence-corrected chi connectivity index (χ4v) is 7.85. The number of imide groups is 1. The number of benzene rings is 1. The molecular formula is C33H40F3N7O5. The molecule has 3 aromatic rings. The van der Waals surface area contributed by atoms with Crippen LogP contribution in [0.1, 0.15) is 74.6 Å². The number of carboxylic acid groups (broad SMARTS) is 1. The van der Waals surface area contributed by atoms with Gasteiger partial charge in [0.2, 0.25) is 17.8 Å². The Morgan fingerprint density at radius 3 is 2.27 bits per heavy atom. The summed E-state index contributed by atoms with van der Waals surface area (Å²) >= 11 is 0. The Morgan fingerprint density at radius 1 is 1.00 bits per heavy atom. The number of likely N-dealkylation sites (tertiary alicyclic amines) is 1. The Kier molecular flexibility index (Phi) is 9.09. The average molecular weight is 672 g/mol. The average Bonchev–Trinajstić information content (AvgIpc) is 3.28. The van der Waals surface area contributed by atoms with E-state index in [2.05, 4.69) is 37.2 Å². The first-order valence-electron chi connectivity index (χ1n) is 16.4. The van der Waals surface area contributed by atoms with Crippen molar-refractivity contribution in [3.05, 3.63) is 52.2 Å². The van der Waals surface area contributed by atoms with E-state index in [-0.39, 0.29) is 18.0 Å². The number of aliphatic carboxylic acids is 1. The molecule has 1 unspecified atom stereocenters. The zero-order chi connectivity index (χ0) is 34.4. The lowest BCUT2D eigenvalue weighted by Gasteiger charge is -2.54. The molecular weight excluding hydrogens is 631 g/mol. The largest absolute Gasteiger partial charge is 0.490 e. The number of aryl methyl sites for hydroxylation is 2. The number of halogens is 3. The maximum Gasteiger partial charge on any atom is 0.490 e. The number of hydrogen-bond donors (Lipinski definition) is 2. The molecule has 4 aliphatic rings. The van der Waals surface area contributed by atoms with Crippen molar-refractivity contribution >= 4 is 34.8 Å². The minimum Gasteiger partial charge on any atom is -0.475 e. The number of hydrogen-bond acceptors (Lipinski definition) is 8. The highest BCUT2D eigenvalue weighted by atomic mass is 19.4. The van der Waals surface area contributed by atoms with Gasteiger partial charge in [-0.05, 0) is 94.6 Å². The first kappa shape index (κ1) is 33.6. The van der Waals surface area contributed by atoms with E-state index in [4.69, 9.17) is 9.90 Å². The van der Waals surface area contributed by atoms with Crippen LogP contribution in [0, 0.1) is 12.3 Å². The third-order valence-corrected chi connectivity index (χ3v) is 10.5. The van der Waals surface area contributed by atoms with Gasteiger partial charge in [-0.3, -0.25) is 24.0 Å². The molecule has 4 fully saturated rings. The smallest absolute Gasteiger partial charge is 0.475 e. The number of nitrogens with one attached hydrogen (secondary N) is 1. The predicted octanol–water partition coefficient (Wildman–Crippen LogP) is 3.68. The van der Waals surface area contributed by atoms with E-state index >= 15 is 0 Å². The van der Waals surface area contributed by atoms with E-state index in [0.717, 1.165) is 61.7 Å². The van der Waals surface area contributed by atoms with Gasteiger partial charge in [-0.2, -0.15) is 13.2 Å². The zero-order valence-electron chi connectivity index (χ0n) is 27.0. The summed E-state index contributed by atoms with van der Waals surface area (Å²) in [6, 6.07) is 8.25. The number of carboxylic acids is 1. The second kappa shape index (κ2) is 13.0. The number of nitrogens with zero attached hydrogens (tertiary/aromatic N) is 6. The van der Waals surface area contributed by atoms with Gasteiger partial charge in [0.15, 0.2) is 0 Å². The summed E-state index contributed by atoms with van der Waals surface area (Å²) in [5.41, 5.74) is 4.13. The molecule has 1 saturated carbocycles. The fourth-order valence-electron chi connectivity index (χ4n) is 7.85. The normalized spacial score (nSPS) is 22.3. The Labute approximate surface area is 274 Å². The molecule has 0 radical (unpaired) electrons. The lowest BCUT2D eigenvalue weighted by atomic mass is 9.67. The number of carbonyl (C=O) groups is 3. The van der Waals surface area contributed by atoms with Gasteiger partial charge >= 0.3 is 17.8 Å². The van der Waals surface area contributed by atoms with Gasteiger partial charge in [0.25, 0.3) is 0 Å². The van der Waals surface area contributed by atoms with Gasteiger partial charge in [0, 0.05) is 49.9 Å². The lowest BCUT2D eigenvalue weighted by molar-refractivity contribution is -0.192. The number of fused-ring (bicyclic) bond motifs is 1. The Morgan fingerprint density at radius 2 is 1.67 bits per heavy atom. The van der Waals surface area contributed by atoms with Crippen LogP contribution in [0.15, 0.2) is 35.3 Å². The Balaban J connectivity index is 0.000000519. The van der Waals surface area contributed by atoms with Crippen LogP contribution in [0.25, 0.3) is 11.0 Å². The highest BCUT2D eigenvalue weighted by molar-refractivity contribution is 6.00. The Bertz CT molecular complexity index is 1760. The number of piperidine rings is 2. The number of amides is 2. The second-order valence-electron chi connectivity index (χ2n) is 13.6. The molecule has 0 bridgehead atoms. The second-order valence-corrected chi connectivity index (χ2v) is 13.6. The SMILES string of the molecule is Cc1ccnc(N2CC3(CCC(N4CCC(c5ccc6c(c5)n(C)c(=O)n6C5CCC(=O)NC5=O)CC4)CC3)C2)n1.O=C(O)C(F)(F)F. The van der Waals surface area contributed by atoms with Crippen LogP contribution < -0.4 is 15.9 Å². The number of rotatable bonds is 4. The molecule has 2 amide bonds. The maximum absolute atomic E-state index is 13.1. The minimum atomic E-state index is -5.08. The zero-order valence-corrected chi connectivity index (χ0v) is 27.0. The molecule has 15 heteroatoms. The van der Waals surface area contributed by atoms with Crippen molar-refractivity contribution in [1.29, 1.82) is 0 Å². The van der Waals surface area contributed by atoms with Crippen LogP contribution in [0.5, 0.6) is 0 Å². The van der Waals surface area contributed by atoms with Crippen LogP contribution in [0.3, 0.4) is 0 Å². The minimum absolute atomic E-state index is 0.211. The summed E-state index contributed by atoms with van der Waals surface area (Å²) < 4.78 is 34.9. The summed E-state index contributed by atoms with van der Waals surface area (Å²) in [6.07, 6.45) is 4.73. The maximum atomic E-state index is 13.1. The summed E-state index contributed by atoms with van der Waals surface area (Å²) in [5.74, 6) is -2.08. The van der Waals surface area contributed by atoms with Gasteiger partial charge in [0.05, 0.1) is 11.0 Å². The molecule has 48 heavy (non-hydrogen) atoms. The molecule has 258 valence electrons. The number of aromatic nitrogens is 4. The fraction of sp³-hybridized carbons (Fsp3) is 0.576. The first-order valence-corrected chi connectivity index (χ1v) is 16.4. The van der Waals surface area contributed by atoms with Gasteiger partial charge in [-0.25, -0.2) is 19.6 Å². The summed E-state index contributed by atoms with van der Waals surface area (Å²) in [6.45, 7) is 6.42. The van der Waals surface area contributed by atoms with E-state index in [0.29, 0.717) is 23.8 Å². The summed E-state index contributed by atoms with van der Waals surface area (Å²) in [5, 5.41) is 9.51. The molecule has 7 rings (SSSR count). The molecule has 3 saturated heterocycles. The molecule has 1 atom stereocenters. The molecule has 5 heterocycles. The highest BCUT2D eigenvalue weighted by Gasteiger charge is 2.47. The van der Waals surface area contributed by atoms with Crippen LogP contribution in [0.4, 0.5) is 19.1 Å². The van der Waals surface area contributed by atoms with Crippen molar-refractivity contribution in [3.63, 3.8) is 0 Å². The standard InChI is InChI=1S/C31H39N7O3.C2HF3O2/c1-20-9-14-32-29(33-20)37-18-31(19-37)12-7-23(8-13-31)36-15-10-21(11-16-36)22-3-4-24-26(17-22)35(2)30(41)38(24)25-5-6-27(39)34-28(25)40;3-2(4,5)1(6)7/h3-4,9,14,17,21,23,25H,5-8,10-13,15-16,18-19H2,1-2H3,(H,34,39,40);(H,6,7). The van der Waals surface area contributed by atoms with Gasteiger partial charge in [0.1, 0.15) is 6.04 Å². The summed E-state index contributed by atoms with van der Waals surface area (Å²) in [4.78, 5) is 60.3. The topological polar surface area (TPSA) is 143 Å². The van der Waals surface area contributed by atoms with E-state index < -0.39 is 24.1 Å². The van der Waals surface area contributed by atoms with E-state index in [1.54, 1.807) is 16.2 Å². The van der Waals surface area contributed by atoms with Crippen LogP contribution in [-0.2, 0) is 21.4 Å². The first-order chi connectivity index (χ1) is 22.7. The molecule has 12 nitrogen and oxygen atoms in total. The van der Waals surface area contributed by atoms with Crippen molar-refractivity contribution in [2.45, 2.75) is 82.5 Å². The lowest BCUT2D eigenvalue weighted by Crippen LogP contribution is -2.59. The van der Waals surface area contributed by atoms with Crippen LogP contribution in [-0.4, -0.2) is 85.3 Å². The van der Waals surface area contributed by atoms with Crippen molar-refractivity contribution in [1.82, 2.24) is 29.3 Å². The van der Waals surface area contributed by atoms with Crippen molar-refractivity contribution in [3.8, 4) is 0 Å². The monoisotopic (exact) mass is 671 g/mol. The van der Waals surface area contributed by atoms with Crippen molar-refractivity contribution in [2.75, 3.05) is 31.1 Å². The third-order valence-electron chi connectivity index (χ3n) is 10.5. The van der Waals surface area contributed by atoms with Crippen molar-refractivity contribution < 1.29 is 32.7 Å². The summed E-state index contributed by atoms with van der Waals surface area (Å²) in [7, 11) is 1.77. The van der Waals surface area contributed by atoms with Gasteiger partial charge < -0.3 is 14.9 Å². The van der Waals surface area contributed by atoms with E-state index in [9.17, 15) is 27.6 Å².